The van der Waals surface area contributed by atoms with Crippen molar-refractivity contribution in [2.75, 3.05) is 7.05 Å². The number of hydrogen-bond donors (Lipinski definition) is 0. The van der Waals surface area contributed by atoms with Gasteiger partial charge in [0.2, 0.25) is 0 Å². The molecule has 2 amide bonds. The zero-order chi connectivity index (χ0) is 19.4. The number of nitrogens with zero attached hydrogens (tertiary/aromatic N) is 5. The zero-order valence-corrected chi connectivity index (χ0v) is 15.2. The van der Waals surface area contributed by atoms with E-state index in [4.69, 9.17) is 5.10 Å². The van der Waals surface area contributed by atoms with Crippen molar-refractivity contribution >= 4 is 22.8 Å². The highest BCUT2D eigenvalue weighted by atomic mass is 16.2. The van der Waals surface area contributed by atoms with Crippen LogP contribution in [-0.4, -0.2) is 43.5 Å². The van der Waals surface area contributed by atoms with Crippen LogP contribution in [0.4, 0.5) is 0 Å². The number of hydrogen-bond acceptors (Lipinski definition) is 5. The molecule has 0 saturated heterocycles. The number of aromatic nitrogens is 4. The van der Waals surface area contributed by atoms with Crippen LogP contribution in [0.25, 0.3) is 28.0 Å². The lowest BCUT2D eigenvalue weighted by molar-refractivity contribution is 0.0693. The summed E-state index contributed by atoms with van der Waals surface area (Å²) >= 11 is 0. The van der Waals surface area contributed by atoms with E-state index in [9.17, 15) is 9.59 Å². The second-order valence-electron chi connectivity index (χ2n) is 6.76. The summed E-state index contributed by atoms with van der Waals surface area (Å²) in [4.78, 5) is 35.1. The van der Waals surface area contributed by atoms with E-state index >= 15 is 0 Å². The van der Waals surface area contributed by atoms with Crippen molar-refractivity contribution in [1.29, 1.82) is 0 Å². The van der Waals surface area contributed by atoms with Gasteiger partial charge in [-0.25, -0.2) is 9.67 Å². The van der Waals surface area contributed by atoms with Crippen LogP contribution in [0, 0.1) is 6.92 Å². The molecule has 1 aromatic carbocycles. The highest BCUT2D eigenvalue weighted by molar-refractivity contribution is 6.27. The Morgan fingerprint density at radius 1 is 1.00 bits per heavy atom. The molecule has 1 aliphatic rings. The Balaban J connectivity index is 1.91. The van der Waals surface area contributed by atoms with Crippen molar-refractivity contribution in [2.45, 2.75) is 6.92 Å². The summed E-state index contributed by atoms with van der Waals surface area (Å²) in [6, 6.07) is 11.5. The summed E-state index contributed by atoms with van der Waals surface area (Å²) in [5.74, 6) is -0.698. The topological polar surface area (TPSA) is 81.0 Å². The van der Waals surface area contributed by atoms with Crippen LogP contribution in [0.5, 0.6) is 0 Å². The number of carbonyl (C=O) groups excluding carboxylic acids is 2. The van der Waals surface area contributed by atoms with Gasteiger partial charge in [0, 0.05) is 31.2 Å². The number of pyridine rings is 2. The quantitative estimate of drug-likeness (QED) is 0.507. The molecule has 0 atom stereocenters. The van der Waals surface area contributed by atoms with E-state index in [1.807, 2.05) is 43.3 Å². The summed E-state index contributed by atoms with van der Waals surface area (Å²) < 4.78 is 1.71. The number of aryl methyl sites for hydroxylation is 1. The van der Waals surface area contributed by atoms with Crippen LogP contribution in [0.1, 0.15) is 26.3 Å². The van der Waals surface area contributed by atoms with Crippen LogP contribution in [0.2, 0.25) is 0 Å². The SMILES string of the molecule is Cc1cccc(-n2nc(-c3cccnc3)c3c4c(cnc32)C(=O)N(C)C4=O)c1. The van der Waals surface area contributed by atoms with Gasteiger partial charge >= 0.3 is 0 Å². The molecule has 0 unspecified atom stereocenters. The van der Waals surface area contributed by atoms with E-state index in [1.165, 1.54) is 13.2 Å². The van der Waals surface area contributed by atoms with Gasteiger partial charge < -0.3 is 0 Å². The first-order valence-corrected chi connectivity index (χ1v) is 8.78. The summed E-state index contributed by atoms with van der Waals surface area (Å²) in [5.41, 5.74) is 4.41. The van der Waals surface area contributed by atoms with Gasteiger partial charge in [-0.2, -0.15) is 5.10 Å². The lowest BCUT2D eigenvalue weighted by Crippen LogP contribution is -2.24. The Kier molecular flexibility index (Phi) is 3.39. The van der Waals surface area contributed by atoms with Crippen molar-refractivity contribution < 1.29 is 9.59 Å². The standard InChI is InChI=1S/C21H15N5O2/c1-12-5-3-7-14(9-12)26-19-17(18(24-26)13-6-4-8-22-10-13)16-15(11-23-19)20(27)25(2)21(16)28/h3-11H,1-2H3. The third kappa shape index (κ3) is 2.19. The van der Waals surface area contributed by atoms with E-state index < -0.39 is 0 Å². The predicted molar refractivity (Wildman–Crippen MR) is 103 cm³/mol. The zero-order valence-electron chi connectivity index (χ0n) is 15.2. The monoisotopic (exact) mass is 369 g/mol. The van der Waals surface area contributed by atoms with Crippen LogP contribution in [0.3, 0.4) is 0 Å². The van der Waals surface area contributed by atoms with E-state index in [0.29, 0.717) is 27.9 Å². The first-order chi connectivity index (χ1) is 13.6. The molecule has 0 saturated carbocycles. The van der Waals surface area contributed by atoms with Gasteiger partial charge in [-0.15, -0.1) is 0 Å². The number of benzene rings is 1. The third-order valence-electron chi connectivity index (χ3n) is 4.93. The van der Waals surface area contributed by atoms with Gasteiger partial charge in [-0.1, -0.05) is 12.1 Å². The van der Waals surface area contributed by atoms with Gasteiger partial charge in [0.15, 0.2) is 5.65 Å². The molecule has 0 radical (unpaired) electrons. The maximum absolute atomic E-state index is 12.8. The molecule has 7 nitrogen and oxygen atoms in total. The van der Waals surface area contributed by atoms with Crippen molar-refractivity contribution in [2.24, 2.45) is 0 Å². The minimum Gasteiger partial charge on any atom is -0.277 e. The largest absolute Gasteiger partial charge is 0.277 e. The number of carbonyl (C=O) groups is 2. The molecule has 1 aliphatic heterocycles. The molecule has 7 heteroatoms. The van der Waals surface area contributed by atoms with Crippen molar-refractivity contribution in [3.63, 3.8) is 0 Å². The summed E-state index contributed by atoms with van der Waals surface area (Å²) in [6.07, 6.45) is 4.82. The lowest BCUT2D eigenvalue weighted by atomic mass is 10.0. The number of fused-ring (bicyclic) bond motifs is 3. The Hall–Kier alpha value is -3.87. The number of imide groups is 1. The maximum atomic E-state index is 12.8. The third-order valence-corrected chi connectivity index (χ3v) is 4.93. The first-order valence-electron chi connectivity index (χ1n) is 8.78. The van der Waals surface area contributed by atoms with Gasteiger partial charge in [0.25, 0.3) is 11.8 Å². The van der Waals surface area contributed by atoms with Crippen LogP contribution >= 0.6 is 0 Å². The van der Waals surface area contributed by atoms with E-state index in [1.54, 1.807) is 17.1 Å². The average molecular weight is 369 g/mol. The Labute approximate surface area is 160 Å². The van der Waals surface area contributed by atoms with E-state index in [2.05, 4.69) is 9.97 Å². The van der Waals surface area contributed by atoms with E-state index in [0.717, 1.165) is 21.7 Å². The Morgan fingerprint density at radius 2 is 1.86 bits per heavy atom. The fraction of sp³-hybridized carbons (Fsp3) is 0.0952. The summed E-state index contributed by atoms with van der Waals surface area (Å²) in [5, 5.41) is 5.33. The molecule has 5 rings (SSSR count). The molecule has 0 bridgehead atoms. The summed E-state index contributed by atoms with van der Waals surface area (Å²) in [6.45, 7) is 2.00. The highest BCUT2D eigenvalue weighted by Crippen LogP contribution is 2.35. The number of amides is 2. The fourth-order valence-electron chi connectivity index (χ4n) is 3.55. The van der Waals surface area contributed by atoms with Gasteiger partial charge in [-0.05, 0) is 36.8 Å². The molecule has 136 valence electrons. The minimum atomic E-state index is -0.352. The molecule has 0 N–H and O–H groups in total. The first kappa shape index (κ1) is 16.3. The van der Waals surface area contributed by atoms with Crippen molar-refractivity contribution in [3.8, 4) is 16.9 Å². The van der Waals surface area contributed by atoms with E-state index in [-0.39, 0.29) is 11.8 Å². The second-order valence-corrected chi connectivity index (χ2v) is 6.76. The van der Waals surface area contributed by atoms with Crippen molar-refractivity contribution in [3.05, 3.63) is 71.7 Å². The van der Waals surface area contributed by atoms with Gasteiger partial charge in [0.05, 0.1) is 22.2 Å². The predicted octanol–water partition coefficient (Wildman–Crippen LogP) is 3.02. The molecule has 0 spiro atoms. The second kappa shape index (κ2) is 5.82. The van der Waals surface area contributed by atoms with Crippen molar-refractivity contribution in [1.82, 2.24) is 24.6 Å². The molecule has 4 aromatic rings. The Morgan fingerprint density at radius 3 is 2.61 bits per heavy atom. The maximum Gasteiger partial charge on any atom is 0.262 e. The highest BCUT2D eigenvalue weighted by Gasteiger charge is 2.37. The smallest absolute Gasteiger partial charge is 0.262 e. The molecule has 4 heterocycles. The van der Waals surface area contributed by atoms with Gasteiger partial charge in [-0.3, -0.25) is 19.5 Å². The van der Waals surface area contributed by atoms with Crippen LogP contribution in [0.15, 0.2) is 55.0 Å². The van der Waals surface area contributed by atoms with Gasteiger partial charge in [0.1, 0.15) is 5.69 Å². The molecule has 3 aromatic heterocycles. The average Bonchev–Trinajstić information content (AvgIpc) is 3.21. The molecular formula is C21H15N5O2. The Bertz CT molecular complexity index is 1280. The molecule has 0 aliphatic carbocycles. The minimum absolute atomic E-state index is 0.300. The van der Waals surface area contributed by atoms with Crippen LogP contribution in [-0.2, 0) is 0 Å². The number of rotatable bonds is 2. The molecule has 28 heavy (non-hydrogen) atoms. The summed E-state index contributed by atoms with van der Waals surface area (Å²) in [7, 11) is 1.48. The normalized spacial score (nSPS) is 13.4. The molecular weight excluding hydrogens is 354 g/mol. The molecule has 0 fully saturated rings. The lowest BCUT2D eigenvalue weighted by Gasteiger charge is -2.04. The van der Waals surface area contributed by atoms with Crippen LogP contribution < -0.4 is 0 Å². The fourth-order valence-corrected chi connectivity index (χ4v) is 3.55.